The van der Waals surface area contributed by atoms with Crippen molar-refractivity contribution in [1.29, 1.82) is 0 Å². The minimum Gasteiger partial charge on any atom is -0.336 e. The lowest BCUT2D eigenvalue weighted by atomic mass is 9.92. The monoisotopic (exact) mass is 376 g/mol. The first-order chi connectivity index (χ1) is 12.1. The van der Waals surface area contributed by atoms with Gasteiger partial charge in [-0.25, -0.2) is 4.68 Å². The molecular weight excluding hydrogens is 352 g/mol. The number of benzene rings is 1. The molecule has 0 spiro atoms. The first-order valence-corrected chi connectivity index (χ1v) is 8.90. The summed E-state index contributed by atoms with van der Waals surface area (Å²) in [6.45, 7) is 7.92. The van der Waals surface area contributed by atoms with Crippen molar-refractivity contribution in [2.45, 2.75) is 39.5 Å². The Balaban J connectivity index is 2.31. The summed E-state index contributed by atoms with van der Waals surface area (Å²) >= 11 is 5.96. The molecule has 1 aromatic heterocycles. The van der Waals surface area contributed by atoms with E-state index in [-0.39, 0.29) is 23.8 Å². The quantitative estimate of drug-likeness (QED) is 0.866. The van der Waals surface area contributed by atoms with Gasteiger partial charge in [-0.15, -0.1) is 0 Å². The second-order valence-electron chi connectivity index (χ2n) is 7.20. The standard InChI is InChI=1S/C19H25ClN4O2/c1-6-18(26)23(5)12-17(25)21-16-11-15(19(2,3)4)22-24(16)14-9-7-13(20)8-10-14/h7-11H,6,12H2,1-5H3,(H,21,25). The third-order valence-corrected chi connectivity index (χ3v) is 4.18. The summed E-state index contributed by atoms with van der Waals surface area (Å²) < 4.78 is 1.68. The number of hydrogen-bond donors (Lipinski definition) is 1. The maximum atomic E-state index is 12.4. The van der Waals surface area contributed by atoms with Crippen molar-refractivity contribution in [3.63, 3.8) is 0 Å². The van der Waals surface area contributed by atoms with E-state index in [0.717, 1.165) is 11.4 Å². The topological polar surface area (TPSA) is 67.2 Å². The lowest BCUT2D eigenvalue weighted by molar-refractivity contribution is -0.133. The highest BCUT2D eigenvalue weighted by atomic mass is 35.5. The van der Waals surface area contributed by atoms with Crippen LogP contribution in [-0.4, -0.2) is 40.1 Å². The van der Waals surface area contributed by atoms with Gasteiger partial charge in [0, 0.05) is 30.0 Å². The van der Waals surface area contributed by atoms with E-state index in [1.165, 1.54) is 4.90 Å². The van der Waals surface area contributed by atoms with Crippen molar-refractivity contribution in [3.8, 4) is 5.69 Å². The zero-order chi connectivity index (χ0) is 19.5. The summed E-state index contributed by atoms with van der Waals surface area (Å²) in [7, 11) is 1.61. The Morgan fingerprint density at radius 1 is 1.23 bits per heavy atom. The molecule has 1 heterocycles. The number of nitrogens with one attached hydrogen (secondary N) is 1. The van der Waals surface area contributed by atoms with Crippen LogP contribution >= 0.6 is 11.6 Å². The molecule has 0 unspecified atom stereocenters. The highest BCUT2D eigenvalue weighted by Crippen LogP contribution is 2.26. The number of carbonyl (C=O) groups is 2. The van der Waals surface area contributed by atoms with Crippen LogP contribution in [0, 0.1) is 0 Å². The molecule has 0 saturated carbocycles. The largest absolute Gasteiger partial charge is 0.336 e. The Morgan fingerprint density at radius 2 is 1.85 bits per heavy atom. The fraction of sp³-hybridized carbons (Fsp3) is 0.421. The summed E-state index contributed by atoms with van der Waals surface area (Å²) in [6.07, 6.45) is 0.362. The number of carbonyl (C=O) groups excluding carboxylic acids is 2. The van der Waals surface area contributed by atoms with E-state index in [4.69, 9.17) is 11.6 Å². The van der Waals surface area contributed by atoms with Crippen molar-refractivity contribution in [3.05, 3.63) is 41.0 Å². The molecular formula is C19H25ClN4O2. The van der Waals surface area contributed by atoms with Crippen LogP contribution < -0.4 is 5.32 Å². The van der Waals surface area contributed by atoms with Crippen LogP contribution in [0.2, 0.25) is 5.02 Å². The van der Waals surface area contributed by atoms with Gasteiger partial charge in [-0.1, -0.05) is 39.3 Å². The first kappa shape index (κ1) is 20.0. The van der Waals surface area contributed by atoms with Gasteiger partial charge in [-0.3, -0.25) is 9.59 Å². The van der Waals surface area contributed by atoms with E-state index in [9.17, 15) is 9.59 Å². The zero-order valence-corrected chi connectivity index (χ0v) is 16.6. The van der Waals surface area contributed by atoms with Crippen LogP contribution in [0.1, 0.15) is 39.8 Å². The predicted octanol–water partition coefficient (Wildman–Crippen LogP) is 3.63. The smallest absolute Gasteiger partial charge is 0.245 e. The molecule has 1 N–H and O–H groups in total. The van der Waals surface area contributed by atoms with Crippen LogP contribution in [0.25, 0.3) is 5.69 Å². The molecule has 0 atom stereocenters. The molecule has 6 nitrogen and oxygen atoms in total. The summed E-state index contributed by atoms with van der Waals surface area (Å²) in [4.78, 5) is 25.4. The molecule has 1 aromatic carbocycles. The second kappa shape index (κ2) is 7.91. The Hall–Kier alpha value is -2.34. The van der Waals surface area contributed by atoms with Crippen molar-refractivity contribution in [2.24, 2.45) is 0 Å². The van der Waals surface area contributed by atoms with Crippen LogP contribution in [0.15, 0.2) is 30.3 Å². The van der Waals surface area contributed by atoms with Crippen molar-refractivity contribution in [1.82, 2.24) is 14.7 Å². The van der Waals surface area contributed by atoms with Crippen molar-refractivity contribution in [2.75, 3.05) is 18.9 Å². The molecule has 26 heavy (non-hydrogen) atoms. The van der Waals surface area contributed by atoms with E-state index in [1.54, 1.807) is 30.8 Å². The SMILES string of the molecule is CCC(=O)N(C)CC(=O)Nc1cc(C(C)(C)C)nn1-c1ccc(Cl)cc1. The van der Waals surface area contributed by atoms with Crippen LogP contribution in [-0.2, 0) is 15.0 Å². The highest BCUT2D eigenvalue weighted by molar-refractivity contribution is 6.30. The number of likely N-dealkylation sites (N-methyl/N-ethyl adjacent to an activating group) is 1. The number of rotatable bonds is 5. The first-order valence-electron chi connectivity index (χ1n) is 8.52. The van der Waals surface area contributed by atoms with Gasteiger partial charge < -0.3 is 10.2 Å². The van der Waals surface area contributed by atoms with Gasteiger partial charge in [-0.2, -0.15) is 5.10 Å². The molecule has 0 aliphatic carbocycles. The Morgan fingerprint density at radius 3 is 2.38 bits per heavy atom. The molecule has 2 amide bonds. The number of aromatic nitrogens is 2. The Labute approximate surface area is 159 Å². The number of anilines is 1. The van der Waals surface area contributed by atoms with E-state index in [2.05, 4.69) is 31.2 Å². The minimum atomic E-state index is -0.273. The second-order valence-corrected chi connectivity index (χ2v) is 7.64. The average molecular weight is 377 g/mol. The molecule has 2 aromatic rings. The Bertz CT molecular complexity index is 791. The zero-order valence-electron chi connectivity index (χ0n) is 15.8. The Kier molecular flexibility index (Phi) is 6.08. The molecule has 0 fully saturated rings. The highest BCUT2D eigenvalue weighted by Gasteiger charge is 2.22. The van der Waals surface area contributed by atoms with Gasteiger partial charge in [0.15, 0.2) is 0 Å². The van der Waals surface area contributed by atoms with Gasteiger partial charge in [0.1, 0.15) is 5.82 Å². The van der Waals surface area contributed by atoms with E-state index in [1.807, 2.05) is 18.2 Å². The minimum absolute atomic E-state index is 0.0106. The number of halogens is 1. The van der Waals surface area contributed by atoms with E-state index < -0.39 is 0 Å². The van der Waals surface area contributed by atoms with Crippen LogP contribution in [0.3, 0.4) is 0 Å². The lowest BCUT2D eigenvalue weighted by Gasteiger charge is -2.16. The molecule has 0 bridgehead atoms. The van der Waals surface area contributed by atoms with E-state index >= 15 is 0 Å². The average Bonchev–Trinajstić information content (AvgIpc) is 2.98. The predicted molar refractivity (Wildman–Crippen MR) is 104 cm³/mol. The number of nitrogens with zero attached hydrogens (tertiary/aromatic N) is 3. The summed E-state index contributed by atoms with van der Waals surface area (Å²) in [5, 5.41) is 8.13. The molecule has 2 rings (SSSR count). The lowest BCUT2D eigenvalue weighted by Crippen LogP contribution is -2.34. The maximum Gasteiger partial charge on any atom is 0.245 e. The molecule has 0 aliphatic rings. The fourth-order valence-corrected chi connectivity index (χ4v) is 2.50. The van der Waals surface area contributed by atoms with Gasteiger partial charge in [-0.05, 0) is 24.3 Å². The normalized spacial score (nSPS) is 11.3. The van der Waals surface area contributed by atoms with Crippen molar-refractivity contribution < 1.29 is 9.59 Å². The number of amides is 2. The molecule has 0 radical (unpaired) electrons. The third-order valence-electron chi connectivity index (χ3n) is 3.93. The fourth-order valence-electron chi connectivity index (χ4n) is 2.37. The van der Waals surface area contributed by atoms with E-state index in [0.29, 0.717) is 17.3 Å². The molecule has 0 aliphatic heterocycles. The van der Waals surface area contributed by atoms with Crippen molar-refractivity contribution >= 4 is 29.2 Å². The van der Waals surface area contributed by atoms with Gasteiger partial charge >= 0.3 is 0 Å². The van der Waals surface area contributed by atoms with Gasteiger partial charge in [0.05, 0.1) is 17.9 Å². The third kappa shape index (κ3) is 4.85. The van der Waals surface area contributed by atoms with Crippen LogP contribution in [0.5, 0.6) is 0 Å². The summed E-state index contributed by atoms with van der Waals surface area (Å²) in [5.41, 5.74) is 1.46. The van der Waals surface area contributed by atoms with Gasteiger partial charge in [0.25, 0.3) is 0 Å². The molecule has 140 valence electrons. The summed E-state index contributed by atoms with van der Waals surface area (Å²) in [5.74, 6) is 0.200. The number of hydrogen-bond acceptors (Lipinski definition) is 3. The van der Waals surface area contributed by atoms with Crippen LogP contribution in [0.4, 0.5) is 5.82 Å². The molecule has 0 saturated heterocycles. The molecule has 7 heteroatoms. The maximum absolute atomic E-state index is 12.4. The summed E-state index contributed by atoms with van der Waals surface area (Å²) in [6, 6.07) is 9.08. The van der Waals surface area contributed by atoms with Gasteiger partial charge in [0.2, 0.25) is 11.8 Å².